The molecule has 3 rings (SSSR count). The minimum Gasteiger partial charge on any atom is -0.495 e. The number of hydrogen-bond donors (Lipinski definition) is 1. The smallest absolute Gasteiger partial charge is 0.338 e. The van der Waals surface area contributed by atoms with Crippen molar-refractivity contribution >= 4 is 27.6 Å². The summed E-state index contributed by atoms with van der Waals surface area (Å²) in [4.78, 5) is 23.9. The molecule has 0 atom stereocenters. The van der Waals surface area contributed by atoms with E-state index in [0.717, 1.165) is 12.1 Å². The molecule has 2 aromatic rings. The molecule has 1 aliphatic heterocycles. The van der Waals surface area contributed by atoms with Gasteiger partial charge in [0.1, 0.15) is 10.6 Å². The summed E-state index contributed by atoms with van der Waals surface area (Å²) >= 11 is 0. The number of methoxy groups -OCH3 is 1. The van der Waals surface area contributed by atoms with Crippen LogP contribution in [0.5, 0.6) is 5.75 Å². The number of morpholine rings is 1. The molecular weight excluding hydrogens is 450 g/mol. The number of anilines is 1. The largest absolute Gasteiger partial charge is 0.495 e. The second-order valence-electron chi connectivity index (χ2n) is 6.64. The highest BCUT2D eigenvalue weighted by Gasteiger charge is 2.29. The van der Waals surface area contributed by atoms with Crippen LogP contribution in [0.3, 0.4) is 0 Å². The number of rotatable bonds is 7. The Morgan fingerprint density at radius 3 is 2.47 bits per heavy atom. The van der Waals surface area contributed by atoms with Crippen molar-refractivity contribution in [2.75, 3.05) is 45.3 Å². The summed E-state index contributed by atoms with van der Waals surface area (Å²) in [5, 5.41) is 2.42. The van der Waals surface area contributed by atoms with E-state index in [1.165, 1.54) is 29.6 Å². The molecule has 1 aliphatic rings. The minimum atomic E-state index is -3.91. The van der Waals surface area contributed by atoms with Crippen LogP contribution < -0.4 is 10.1 Å². The second kappa shape index (κ2) is 10.0. The summed E-state index contributed by atoms with van der Waals surface area (Å²) in [6.07, 6.45) is 0. The second-order valence-corrected chi connectivity index (χ2v) is 8.54. The molecule has 0 bridgehead atoms. The van der Waals surface area contributed by atoms with Crippen LogP contribution in [-0.2, 0) is 24.3 Å². The van der Waals surface area contributed by atoms with Gasteiger partial charge in [-0.05, 0) is 36.4 Å². The third kappa shape index (κ3) is 5.39. The number of esters is 1. The number of benzene rings is 2. The van der Waals surface area contributed by atoms with E-state index < -0.39 is 40.1 Å². The van der Waals surface area contributed by atoms with E-state index in [0.29, 0.717) is 6.07 Å². The number of nitrogens with one attached hydrogen (secondary N) is 1. The summed E-state index contributed by atoms with van der Waals surface area (Å²) in [6, 6.07) is 6.48. The Hall–Kier alpha value is -3.09. The summed E-state index contributed by atoms with van der Waals surface area (Å²) in [5.74, 6) is -4.04. The number of carbonyl (C=O) groups excluding carboxylic acids is 2. The monoisotopic (exact) mass is 470 g/mol. The van der Waals surface area contributed by atoms with Crippen molar-refractivity contribution in [2.45, 2.75) is 4.90 Å². The molecule has 32 heavy (non-hydrogen) atoms. The van der Waals surface area contributed by atoms with E-state index >= 15 is 0 Å². The van der Waals surface area contributed by atoms with Crippen LogP contribution in [-0.4, -0.2) is 64.6 Å². The maximum atomic E-state index is 13.2. The molecule has 9 nitrogen and oxygen atoms in total. The van der Waals surface area contributed by atoms with E-state index in [1.807, 2.05) is 0 Å². The van der Waals surface area contributed by atoms with Gasteiger partial charge in [0.2, 0.25) is 10.0 Å². The van der Waals surface area contributed by atoms with Gasteiger partial charge in [0.15, 0.2) is 18.2 Å². The highest BCUT2D eigenvalue weighted by atomic mass is 32.2. The van der Waals surface area contributed by atoms with Gasteiger partial charge in [-0.3, -0.25) is 4.79 Å². The van der Waals surface area contributed by atoms with Gasteiger partial charge in [0.05, 0.1) is 25.9 Å². The molecule has 2 aromatic carbocycles. The molecule has 0 unspecified atom stereocenters. The van der Waals surface area contributed by atoms with Gasteiger partial charge in [0, 0.05) is 18.8 Å². The Bertz CT molecular complexity index is 1120. The van der Waals surface area contributed by atoms with Crippen LogP contribution in [0.2, 0.25) is 0 Å². The van der Waals surface area contributed by atoms with Gasteiger partial charge < -0.3 is 19.5 Å². The summed E-state index contributed by atoms with van der Waals surface area (Å²) in [5.41, 5.74) is -0.133. The van der Waals surface area contributed by atoms with Gasteiger partial charge in [-0.2, -0.15) is 4.31 Å². The van der Waals surface area contributed by atoms with Crippen LogP contribution in [0.25, 0.3) is 0 Å². The number of ether oxygens (including phenoxy) is 3. The third-order valence-electron chi connectivity index (χ3n) is 4.52. The summed E-state index contributed by atoms with van der Waals surface area (Å²) < 4.78 is 68.5. The fourth-order valence-electron chi connectivity index (χ4n) is 2.92. The highest BCUT2D eigenvalue weighted by molar-refractivity contribution is 7.89. The highest BCUT2D eigenvalue weighted by Crippen LogP contribution is 2.30. The number of nitrogens with zero attached hydrogens (tertiary/aromatic N) is 1. The lowest BCUT2D eigenvalue weighted by Gasteiger charge is -2.26. The summed E-state index contributed by atoms with van der Waals surface area (Å²) in [6.45, 7) is 0.169. The fraction of sp³-hybridized carbons (Fsp3) is 0.300. The van der Waals surface area contributed by atoms with Gasteiger partial charge in [0.25, 0.3) is 5.91 Å². The standard InChI is InChI=1S/C20H20F2N2O7S/c1-29-17-5-3-14(11-18(17)32(27,28)24-6-8-30-9-7-24)23-19(25)12-31-20(26)13-2-4-15(21)16(22)10-13/h2-5,10-11H,6-9,12H2,1H3,(H,23,25). The molecule has 172 valence electrons. The van der Waals surface area contributed by atoms with Crippen molar-refractivity contribution in [1.82, 2.24) is 4.31 Å². The molecule has 1 fully saturated rings. The van der Waals surface area contributed by atoms with Gasteiger partial charge in [-0.25, -0.2) is 22.0 Å². The molecule has 1 heterocycles. The van der Waals surface area contributed by atoms with Crippen molar-refractivity contribution in [3.05, 3.63) is 53.6 Å². The van der Waals surface area contributed by atoms with Crippen molar-refractivity contribution in [3.8, 4) is 5.75 Å². The average molecular weight is 470 g/mol. The molecule has 1 amide bonds. The SMILES string of the molecule is COc1ccc(NC(=O)COC(=O)c2ccc(F)c(F)c2)cc1S(=O)(=O)N1CCOCC1. The number of hydrogen-bond acceptors (Lipinski definition) is 7. The van der Waals surface area contributed by atoms with E-state index in [2.05, 4.69) is 5.32 Å². The molecule has 0 saturated carbocycles. The van der Waals surface area contributed by atoms with Gasteiger partial charge >= 0.3 is 5.97 Å². The predicted octanol–water partition coefficient (Wildman–Crippen LogP) is 1.79. The van der Waals surface area contributed by atoms with E-state index in [-0.39, 0.29) is 48.2 Å². The Kier molecular flexibility index (Phi) is 7.38. The molecule has 0 aliphatic carbocycles. The van der Waals surface area contributed by atoms with Crippen molar-refractivity contribution < 1.29 is 41.0 Å². The van der Waals surface area contributed by atoms with Crippen molar-refractivity contribution in [2.24, 2.45) is 0 Å². The third-order valence-corrected chi connectivity index (χ3v) is 6.44. The van der Waals surface area contributed by atoms with Crippen LogP contribution in [0.1, 0.15) is 10.4 Å². The first-order valence-electron chi connectivity index (χ1n) is 9.40. The Morgan fingerprint density at radius 2 is 1.81 bits per heavy atom. The van der Waals surface area contributed by atoms with Gasteiger partial charge in [-0.15, -0.1) is 0 Å². The minimum absolute atomic E-state index is 0.0965. The van der Waals surface area contributed by atoms with Crippen molar-refractivity contribution in [1.29, 1.82) is 0 Å². The first-order chi connectivity index (χ1) is 15.2. The van der Waals surface area contributed by atoms with Crippen LogP contribution in [0.15, 0.2) is 41.3 Å². The number of amides is 1. The topological polar surface area (TPSA) is 111 Å². The molecule has 0 aromatic heterocycles. The Labute approximate surface area is 182 Å². The number of halogens is 2. The predicted molar refractivity (Wildman–Crippen MR) is 108 cm³/mol. The first kappa shape index (κ1) is 23.6. The molecule has 1 saturated heterocycles. The lowest BCUT2D eigenvalue weighted by molar-refractivity contribution is -0.119. The first-order valence-corrected chi connectivity index (χ1v) is 10.8. The summed E-state index contributed by atoms with van der Waals surface area (Å²) in [7, 11) is -2.58. The van der Waals surface area contributed by atoms with E-state index in [4.69, 9.17) is 14.2 Å². The lowest BCUT2D eigenvalue weighted by Crippen LogP contribution is -2.40. The number of sulfonamides is 1. The van der Waals surface area contributed by atoms with Gasteiger partial charge in [-0.1, -0.05) is 0 Å². The lowest BCUT2D eigenvalue weighted by atomic mass is 10.2. The van der Waals surface area contributed by atoms with Crippen LogP contribution >= 0.6 is 0 Å². The molecule has 0 radical (unpaired) electrons. The quantitative estimate of drug-likeness (QED) is 0.614. The number of carbonyl (C=O) groups is 2. The fourth-order valence-corrected chi connectivity index (χ4v) is 4.51. The van der Waals surface area contributed by atoms with E-state index in [1.54, 1.807) is 0 Å². The zero-order chi connectivity index (χ0) is 23.3. The van der Waals surface area contributed by atoms with Crippen LogP contribution in [0.4, 0.5) is 14.5 Å². The zero-order valence-corrected chi connectivity index (χ0v) is 17.8. The van der Waals surface area contributed by atoms with E-state index in [9.17, 15) is 26.8 Å². The zero-order valence-electron chi connectivity index (χ0n) is 17.0. The molecular formula is C20H20F2N2O7S. The Balaban J connectivity index is 1.69. The average Bonchev–Trinajstić information content (AvgIpc) is 2.79. The molecule has 0 spiro atoms. The normalized spacial score (nSPS) is 14.6. The molecule has 1 N–H and O–H groups in total. The maximum Gasteiger partial charge on any atom is 0.338 e. The Morgan fingerprint density at radius 1 is 1.09 bits per heavy atom. The van der Waals surface area contributed by atoms with Crippen LogP contribution in [0, 0.1) is 11.6 Å². The molecule has 12 heteroatoms. The maximum absolute atomic E-state index is 13.2. The van der Waals surface area contributed by atoms with Crippen molar-refractivity contribution in [3.63, 3.8) is 0 Å².